The molecule has 0 radical (unpaired) electrons. The number of fused-ring (bicyclic) bond motifs is 3. The van der Waals surface area contributed by atoms with E-state index in [1.165, 1.54) is 0 Å². The fourth-order valence-corrected chi connectivity index (χ4v) is 3.92. The van der Waals surface area contributed by atoms with E-state index in [0.717, 1.165) is 33.0 Å². The molecule has 1 aliphatic carbocycles. The lowest BCUT2D eigenvalue weighted by molar-refractivity contribution is 0.0908. The molecule has 0 fully saturated rings. The molecule has 0 saturated heterocycles. The lowest BCUT2D eigenvalue weighted by atomic mass is 9.89. The lowest BCUT2D eigenvalue weighted by Crippen LogP contribution is -2.41. The van der Waals surface area contributed by atoms with E-state index in [2.05, 4.69) is 0 Å². The van der Waals surface area contributed by atoms with E-state index in [9.17, 15) is 9.59 Å². The Morgan fingerprint density at radius 2 is 1.32 bits per heavy atom. The summed E-state index contributed by atoms with van der Waals surface area (Å²) in [4.78, 5) is 25.5. The molecule has 28 heavy (non-hydrogen) atoms. The van der Waals surface area contributed by atoms with Gasteiger partial charge in [-0.2, -0.15) is 0 Å². The third-order valence-electron chi connectivity index (χ3n) is 5.32. The normalized spacial score (nSPS) is 12.9. The second-order valence-electron chi connectivity index (χ2n) is 8.75. The summed E-state index contributed by atoms with van der Waals surface area (Å²) in [6, 6.07) is 15.5. The fourth-order valence-electron chi connectivity index (χ4n) is 3.92. The van der Waals surface area contributed by atoms with Crippen LogP contribution in [-0.4, -0.2) is 22.6 Å². The van der Waals surface area contributed by atoms with Crippen molar-refractivity contribution in [1.82, 2.24) is 0 Å². The summed E-state index contributed by atoms with van der Waals surface area (Å²) in [5.74, 6) is -0.188. The first-order valence-electron chi connectivity index (χ1n) is 9.38. The summed E-state index contributed by atoms with van der Waals surface area (Å²) in [6.45, 7) is 6.87. The molecule has 0 amide bonds. The Hall–Kier alpha value is -2.82. The van der Waals surface area contributed by atoms with Crippen molar-refractivity contribution in [1.29, 1.82) is 0 Å². The van der Waals surface area contributed by atoms with Gasteiger partial charge in [0.05, 0.1) is 11.1 Å². The molecule has 0 heterocycles. The number of Topliss-reactive ketones (excluding diaryl/α,β-unsaturated/α-hetero) is 2. The van der Waals surface area contributed by atoms with Gasteiger partial charge in [-0.3, -0.25) is 9.59 Å². The highest BCUT2D eigenvalue weighted by Crippen LogP contribution is 2.48. The molecule has 4 rings (SSSR count). The van der Waals surface area contributed by atoms with E-state index in [0.29, 0.717) is 11.1 Å². The van der Waals surface area contributed by atoms with Crippen molar-refractivity contribution < 1.29 is 9.59 Å². The van der Waals surface area contributed by atoms with Gasteiger partial charge in [-0.25, -0.2) is 0 Å². The van der Waals surface area contributed by atoms with Crippen molar-refractivity contribution in [2.45, 2.75) is 38.8 Å². The van der Waals surface area contributed by atoms with Gasteiger partial charge in [0, 0.05) is 11.1 Å². The molecule has 0 atom stereocenters. The van der Waals surface area contributed by atoms with Crippen LogP contribution >= 0.6 is 0 Å². The maximum absolute atomic E-state index is 12.9. The van der Waals surface area contributed by atoms with E-state index >= 15 is 0 Å². The van der Waals surface area contributed by atoms with Crippen LogP contribution in [0, 0.1) is 0 Å². The molecule has 142 valence electrons. The maximum Gasteiger partial charge on any atom is 0.182 e. The van der Waals surface area contributed by atoms with Crippen molar-refractivity contribution in [3.05, 3.63) is 59.7 Å². The minimum Gasteiger partial charge on any atom is -0.319 e. The average Bonchev–Trinajstić information content (AvgIpc) is 2.94. The van der Waals surface area contributed by atoms with Crippen LogP contribution in [0.5, 0.6) is 0 Å². The van der Waals surface area contributed by atoms with E-state index in [4.69, 9.17) is 11.5 Å². The zero-order valence-electron chi connectivity index (χ0n) is 16.6. The van der Waals surface area contributed by atoms with Gasteiger partial charge in [-0.15, -0.1) is 0 Å². The summed E-state index contributed by atoms with van der Waals surface area (Å²) >= 11 is 0. The molecule has 0 unspecified atom stereocenters. The Labute approximate surface area is 164 Å². The quantitative estimate of drug-likeness (QED) is 0.522. The van der Waals surface area contributed by atoms with Crippen LogP contribution in [0.15, 0.2) is 48.5 Å². The second-order valence-corrected chi connectivity index (χ2v) is 8.75. The summed E-state index contributed by atoms with van der Waals surface area (Å²) in [6.07, 6.45) is 0. The highest BCUT2D eigenvalue weighted by Gasteiger charge is 2.30. The number of rotatable bonds is 4. The average molecular weight is 372 g/mol. The van der Waals surface area contributed by atoms with Gasteiger partial charge >= 0.3 is 0 Å². The van der Waals surface area contributed by atoms with Crippen LogP contribution < -0.4 is 11.5 Å². The molecule has 0 saturated carbocycles. The molecule has 0 spiro atoms. The molecule has 3 aromatic carbocycles. The standard InChI is InChI=1S/C24H24N2O2/c1-23(2,25)21(27)13-8-9-14-15-6-5-7-16-18(22(28)24(3,4)26)11-10-17(20(15)16)19(14)12-13/h5-12H,25-26H2,1-4H3. The monoisotopic (exact) mass is 372 g/mol. The zero-order valence-corrected chi connectivity index (χ0v) is 16.6. The molecule has 1 aliphatic rings. The van der Waals surface area contributed by atoms with E-state index in [-0.39, 0.29) is 11.6 Å². The van der Waals surface area contributed by atoms with E-state index in [1.807, 2.05) is 48.5 Å². The zero-order chi connectivity index (χ0) is 20.4. The molecule has 3 aromatic rings. The fraction of sp³-hybridized carbons (Fsp3) is 0.250. The van der Waals surface area contributed by atoms with Gasteiger partial charge in [0.2, 0.25) is 0 Å². The van der Waals surface area contributed by atoms with Gasteiger partial charge < -0.3 is 11.5 Å². The number of hydrogen-bond acceptors (Lipinski definition) is 4. The van der Waals surface area contributed by atoms with Gasteiger partial charge in [-0.05, 0) is 66.8 Å². The topological polar surface area (TPSA) is 86.2 Å². The highest BCUT2D eigenvalue weighted by molar-refractivity contribution is 6.22. The Balaban J connectivity index is 1.96. The Kier molecular flexibility index (Phi) is 3.86. The third-order valence-corrected chi connectivity index (χ3v) is 5.32. The first-order valence-corrected chi connectivity index (χ1v) is 9.38. The number of nitrogens with two attached hydrogens (primary N) is 2. The van der Waals surface area contributed by atoms with E-state index in [1.54, 1.807) is 27.7 Å². The molecule has 0 aromatic heterocycles. The van der Waals surface area contributed by atoms with Crippen molar-refractivity contribution in [3.63, 3.8) is 0 Å². The van der Waals surface area contributed by atoms with Gasteiger partial charge in [0.25, 0.3) is 0 Å². The second kappa shape index (κ2) is 5.84. The smallest absolute Gasteiger partial charge is 0.182 e. The van der Waals surface area contributed by atoms with Crippen LogP contribution in [0.3, 0.4) is 0 Å². The van der Waals surface area contributed by atoms with Crippen LogP contribution in [0.2, 0.25) is 0 Å². The van der Waals surface area contributed by atoms with Crippen molar-refractivity contribution >= 4 is 22.3 Å². The minimum atomic E-state index is -0.947. The van der Waals surface area contributed by atoms with Gasteiger partial charge in [0.1, 0.15) is 0 Å². The summed E-state index contributed by atoms with van der Waals surface area (Å²) < 4.78 is 0. The van der Waals surface area contributed by atoms with Crippen molar-refractivity contribution in [3.8, 4) is 22.3 Å². The highest BCUT2D eigenvalue weighted by atomic mass is 16.1. The summed E-state index contributed by atoms with van der Waals surface area (Å²) in [5.41, 5.74) is 15.6. The van der Waals surface area contributed by atoms with Crippen LogP contribution in [0.1, 0.15) is 48.4 Å². The van der Waals surface area contributed by atoms with Gasteiger partial charge in [0.15, 0.2) is 11.6 Å². The first-order chi connectivity index (χ1) is 13.0. The summed E-state index contributed by atoms with van der Waals surface area (Å²) in [7, 11) is 0. The SMILES string of the molecule is CC(C)(N)C(=O)c1ccc2c(c1)-c1ccc(C(=O)C(C)(C)N)c3cccc-2c13. The number of ketones is 2. The predicted octanol–water partition coefficient (Wildman–Crippen LogP) is 4.33. The number of carbonyl (C=O) groups excluding carboxylic acids is 2. The Morgan fingerprint density at radius 1 is 0.714 bits per heavy atom. The Bertz CT molecular complexity index is 1160. The largest absolute Gasteiger partial charge is 0.319 e. The molecule has 4 N–H and O–H groups in total. The van der Waals surface area contributed by atoms with Crippen LogP contribution in [-0.2, 0) is 0 Å². The van der Waals surface area contributed by atoms with Crippen molar-refractivity contribution in [2.24, 2.45) is 11.5 Å². The van der Waals surface area contributed by atoms with Crippen molar-refractivity contribution in [2.75, 3.05) is 0 Å². The molecule has 0 aliphatic heterocycles. The lowest BCUT2D eigenvalue weighted by Gasteiger charge is -2.18. The number of benzene rings is 3. The molecule has 4 heteroatoms. The maximum atomic E-state index is 12.9. The first kappa shape index (κ1) is 18.5. The van der Waals surface area contributed by atoms with Crippen LogP contribution in [0.25, 0.3) is 33.0 Å². The minimum absolute atomic E-state index is 0.0899. The predicted molar refractivity (Wildman–Crippen MR) is 114 cm³/mol. The molecule has 0 bridgehead atoms. The van der Waals surface area contributed by atoms with E-state index < -0.39 is 11.1 Å². The number of carbonyl (C=O) groups is 2. The van der Waals surface area contributed by atoms with Gasteiger partial charge in [-0.1, -0.05) is 42.5 Å². The molecular formula is C24H24N2O2. The number of hydrogen-bond donors (Lipinski definition) is 2. The third kappa shape index (κ3) is 2.68. The van der Waals surface area contributed by atoms with Crippen LogP contribution in [0.4, 0.5) is 0 Å². The Morgan fingerprint density at radius 3 is 1.96 bits per heavy atom. The molecule has 4 nitrogen and oxygen atoms in total. The molecular weight excluding hydrogens is 348 g/mol. The summed E-state index contributed by atoms with van der Waals surface area (Å²) in [5, 5.41) is 1.92.